The molecule has 1 N–H and O–H groups in total. The van der Waals surface area contributed by atoms with Crippen molar-refractivity contribution in [1.82, 2.24) is 28.9 Å². The summed E-state index contributed by atoms with van der Waals surface area (Å²) in [6, 6.07) is 9.16. The van der Waals surface area contributed by atoms with Gasteiger partial charge in [0.15, 0.2) is 11.2 Å². The van der Waals surface area contributed by atoms with Crippen molar-refractivity contribution in [2.24, 2.45) is 14.1 Å². The van der Waals surface area contributed by atoms with E-state index in [4.69, 9.17) is 0 Å². The third kappa shape index (κ3) is 3.95. The summed E-state index contributed by atoms with van der Waals surface area (Å²) in [4.78, 5) is 31.5. The molecular weight excluding hydrogens is 404 g/mol. The number of halogens is 1. The monoisotopic (exact) mass is 432 g/mol. The van der Waals surface area contributed by atoms with E-state index in [1.54, 1.807) is 13.4 Å². The number of nitrogens with one attached hydrogen (secondary N) is 1. The average Bonchev–Trinajstić information content (AvgIpc) is 3.19. The number of benzene rings is 1. The highest BCUT2D eigenvalue weighted by atomic mass is 35.5. The summed E-state index contributed by atoms with van der Waals surface area (Å²) in [6.45, 7) is 6.42. The molecule has 162 valence electrons. The van der Waals surface area contributed by atoms with Crippen LogP contribution in [-0.2, 0) is 27.1 Å². The molecule has 2 aromatic heterocycles. The topological polar surface area (TPSA) is 77.1 Å². The van der Waals surface area contributed by atoms with Gasteiger partial charge in [-0.3, -0.25) is 18.8 Å². The van der Waals surface area contributed by atoms with Crippen molar-refractivity contribution in [1.29, 1.82) is 0 Å². The molecule has 1 atom stereocenters. The second kappa shape index (κ2) is 9.16. The van der Waals surface area contributed by atoms with E-state index in [9.17, 15) is 9.59 Å². The van der Waals surface area contributed by atoms with Crippen LogP contribution in [0.25, 0.3) is 11.2 Å². The predicted molar refractivity (Wildman–Crippen MR) is 120 cm³/mol. The van der Waals surface area contributed by atoms with Crippen molar-refractivity contribution < 1.29 is 0 Å². The molecule has 1 aromatic carbocycles. The van der Waals surface area contributed by atoms with Gasteiger partial charge in [-0.15, -0.1) is 12.4 Å². The standard InChI is InChI=1S/C21H28N6O2.ClH/c1-4-15-5-7-16(8-6-15)17-13-22-9-10-26(17)11-12-27-14-23-19-18(27)20(28)25(3)21(29)24(19)2;/h5-8,14,17,22H,4,9-13H2,1-3H3;1H. The quantitative estimate of drug-likeness (QED) is 0.652. The second-order valence-corrected chi connectivity index (χ2v) is 7.67. The first-order valence-corrected chi connectivity index (χ1v) is 10.2. The maximum absolute atomic E-state index is 12.6. The first-order chi connectivity index (χ1) is 14.0. The lowest BCUT2D eigenvalue weighted by molar-refractivity contribution is 0.156. The van der Waals surface area contributed by atoms with Gasteiger partial charge < -0.3 is 9.88 Å². The zero-order chi connectivity index (χ0) is 20.5. The normalized spacial score (nSPS) is 17.2. The van der Waals surface area contributed by atoms with Gasteiger partial charge in [0.1, 0.15) is 0 Å². The Morgan fingerprint density at radius 3 is 2.53 bits per heavy atom. The molecule has 0 bridgehead atoms. The largest absolute Gasteiger partial charge is 0.332 e. The molecule has 0 radical (unpaired) electrons. The van der Waals surface area contributed by atoms with Crippen LogP contribution in [0.1, 0.15) is 24.1 Å². The molecule has 3 aromatic rings. The fourth-order valence-electron chi connectivity index (χ4n) is 4.12. The lowest BCUT2D eigenvalue weighted by Gasteiger charge is -2.36. The minimum absolute atomic E-state index is 0. The van der Waals surface area contributed by atoms with Gasteiger partial charge in [-0.1, -0.05) is 31.2 Å². The maximum atomic E-state index is 12.6. The fraction of sp³-hybridized carbons (Fsp3) is 0.476. The van der Waals surface area contributed by atoms with Crippen LogP contribution in [0.5, 0.6) is 0 Å². The number of aryl methyl sites for hydroxylation is 2. The minimum Gasteiger partial charge on any atom is -0.323 e. The van der Waals surface area contributed by atoms with Crippen LogP contribution in [0.4, 0.5) is 0 Å². The number of rotatable bonds is 5. The van der Waals surface area contributed by atoms with Crippen LogP contribution in [0.3, 0.4) is 0 Å². The Hall–Kier alpha value is -2.42. The molecule has 1 aliphatic rings. The molecule has 0 saturated carbocycles. The highest BCUT2D eigenvalue weighted by Gasteiger charge is 2.24. The van der Waals surface area contributed by atoms with Gasteiger partial charge in [0.05, 0.1) is 6.33 Å². The van der Waals surface area contributed by atoms with E-state index in [2.05, 4.69) is 46.4 Å². The number of imidazole rings is 1. The molecule has 1 fully saturated rings. The highest BCUT2D eigenvalue weighted by Crippen LogP contribution is 2.23. The third-order valence-corrected chi connectivity index (χ3v) is 5.97. The molecule has 1 saturated heterocycles. The Labute approximate surface area is 181 Å². The summed E-state index contributed by atoms with van der Waals surface area (Å²) >= 11 is 0. The Balaban J connectivity index is 0.00000256. The number of fused-ring (bicyclic) bond motifs is 1. The molecule has 30 heavy (non-hydrogen) atoms. The number of hydrogen-bond acceptors (Lipinski definition) is 5. The van der Waals surface area contributed by atoms with E-state index >= 15 is 0 Å². The highest BCUT2D eigenvalue weighted by molar-refractivity contribution is 5.85. The molecule has 1 unspecified atom stereocenters. The van der Waals surface area contributed by atoms with Crippen molar-refractivity contribution in [3.05, 3.63) is 62.6 Å². The van der Waals surface area contributed by atoms with Crippen LogP contribution in [0.2, 0.25) is 0 Å². The number of piperazine rings is 1. The zero-order valence-electron chi connectivity index (χ0n) is 17.7. The van der Waals surface area contributed by atoms with Gasteiger partial charge in [-0.25, -0.2) is 9.78 Å². The number of aromatic nitrogens is 4. The molecule has 9 heteroatoms. The molecule has 4 rings (SSSR count). The van der Waals surface area contributed by atoms with Crippen LogP contribution in [-0.4, -0.2) is 49.8 Å². The van der Waals surface area contributed by atoms with Crippen molar-refractivity contribution in [3.63, 3.8) is 0 Å². The maximum Gasteiger partial charge on any atom is 0.332 e. The molecular formula is C21H29ClN6O2. The molecule has 3 heterocycles. The van der Waals surface area contributed by atoms with Crippen LogP contribution in [0.15, 0.2) is 40.2 Å². The Morgan fingerprint density at radius 2 is 1.83 bits per heavy atom. The predicted octanol–water partition coefficient (Wildman–Crippen LogP) is 1.06. The van der Waals surface area contributed by atoms with E-state index in [1.165, 1.54) is 22.7 Å². The fourth-order valence-corrected chi connectivity index (χ4v) is 4.12. The summed E-state index contributed by atoms with van der Waals surface area (Å²) in [5, 5.41) is 3.49. The van der Waals surface area contributed by atoms with Gasteiger partial charge >= 0.3 is 5.69 Å². The van der Waals surface area contributed by atoms with Crippen LogP contribution >= 0.6 is 12.4 Å². The first kappa shape index (κ1) is 22.3. The Bertz CT molecular complexity index is 1130. The van der Waals surface area contributed by atoms with Crippen molar-refractivity contribution in [2.75, 3.05) is 26.2 Å². The zero-order valence-corrected chi connectivity index (χ0v) is 18.5. The Kier molecular flexibility index (Phi) is 6.80. The average molecular weight is 433 g/mol. The van der Waals surface area contributed by atoms with Crippen LogP contribution in [0, 0.1) is 0 Å². The molecule has 0 amide bonds. The summed E-state index contributed by atoms with van der Waals surface area (Å²) in [5.41, 5.74) is 2.91. The molecule has 0 aliphatic carbocycles. The van der Waals surface area contributed by atoms with E-state index < -0.39 is 0 Å². The number of nitrogens with zero attached hydrogens (tertiary/aromatic N) is 5. The van der Waals surface area contributed by atoms with E-state index in [0.29, 0.717) is 23.8 Å². The van der Waals surface area contributed by atoms with E-state index in [-0.39, 0.29) is 23.7 Å². The Morgan fingerprint density at radius 1 is 1.10 bits per heavy atom. The van der Waals surface area contributed by atoms with E-state index in [0.717, 1.165) is 37.2 Å². The van der Waals surface area contributed by atoms with Gasteiger partial charge in [-0.05, 0) is 17.5 Å². The lowest BCUT2D eigenvalue weighted by Crippen LogP contribution is -2.47. The van der Waals surface area contributed by atoms with Crippen molar-refractivity contribution in [2.45, 2.75) is 25.9 Å². The van der Waals surface area contributed by atoms with Crippen molar-refractivity contribution >= 4 is 23.6 Å². The number of hydrogen-bond donors (Lipinski definition) is 1. The van der Waals surface area contributed by atoms with Gasteiger partial charge in [0, 0.05) is 52.9 Å². The van der Waals surface area contributed by atoms with Gasteiger partial charge in [-0.2, -0.15) is 0 Å². The summed E-state index contributed by atoms with van der Waals surface area (Å²) in [6.07, 6.45) is 2.71. The summed E-state index contributed by atoms with van der Waals surface area (Å²) < 4.78 is 4.44. The molecule has 1 aliphatic heterocycles. The van der Waals surface area contributed by atoms with E-state index in [1.807, 2.05) is 4.57 Å². The second-order valence-electron chi connectivity index (χ2n) is 7.67. The molecule has 0 spiro atoms. The smallest absolute Gasteiger partial charge is 0.323 e. The lowest BCUT2D eigenvalue weighted by atomic mass is 10.0. The van der Waals surface area contributed by atoms with Crippen LogP contribution < -0.4 is 16.6 Å². The summed E-state index contributed by atoms with van der Waals surface area (Å²) in [7, 11) is 3.15. The summed E-state index contributed by atoms with van der Waals surface area (Å²) in [5.74, 6) is 0. The van der Waals surface area contributed by atoms with Crippen molar-refractivity contribution in [3.8, 4) is 0 Å². The third-order valence-electron chi connectivity index (χ3n) is 5.97. The first-order valence-electron chi connectivity index (χ1n) is 10.2. The SMILES string of the molecule is CCc1ccc(C2CNCCN2CCn2cnc3c2c(=O)n(C)c(=O)n3C)cc1.Cl. The molecule has 8 nitrogen and oxygen atoms in total. The van der Waals surface area contributed by atoms with Gasteiger partial charge in [0.25, 0.3) is 5.56 Å². The minimum atomic E-state index is -0.356. The van der Waals surface area contributed by atoms with Gasteiger partial charge in [0.2, 0.25) is 0 Å².